The fourth-order valence-corrected chi connectivity index (χ4v) is 2.51. The third-order valence-electron chi connectivity index (χ3n) is 3.90. The fraction of sp³-hybridized carbons (Fsp3) is 0.333. The van der Waals surface area contributed by atoms with E-state index in [0.29, 0.717) is 5.76 Å². The smallest absolute Gasteiger partial charge is 0.176 e. The van der Waals surface area contributed by atoms with Crippen LogP contribution in [0.4, 0.5) is 0 Å². The van der Waals surface area contributed by atoms with Gasteiger partial charge in [0.2, 0.25) is 0 Å². The van der Waals surface area contributed by atoms with E-state index in [1.54, 1.807) is 7.11 Å². The van der Waals surface area contributed by atoms with Crippen LogP contribution in [0, 0.1) is 11.8 Å². The van der Waals surface area contributed by atoms with Crippen LogP contribution >= 0.6 is 0 Å². The average Bonchev–Trinajstić information content (AvgIpc) is 2.71. The minimum atomic E-state index is -0.0970. The van der Waals surface area contributed by atoms with Gasteiger partial charge in [0.25, 0.3) is 0 Å². The number of para-hydroxylation sites is 1. The second-order valence-electron chi connectivity index (χ2n) is 6.17. The summed E-state index contributed by atoms with van der Waals surface area (Å²) in [7, 11) is 1.63. The van der Waals surface area contributed by atoms with Gasteiger partial charge in [0.1, 0.15) is 12.5 Å². The number of unbranched alkanes of at least 4 members (excludes halogenated alkanes) is 2. The van der Waals surface area contributed by atoms with E-state index in [1.165, 1.54) is 12.8 Å². The molecule has 0 amide bonds. The van der Waals surface area contributed by atoms with Crippen LogP contribution < -0.4 is 4.74 Å². The number of benzene rings is 2. The van der Waals surface area contributed by atoms with Crippen LogP contribution in [0.15, 0.2) is 72.5 Å². The van der Waals surface area contributed by atoms with Crippen molar-refractivity contribution in [1.82, 2.24) is 0 Å². The van der Waals surface area contributed by atoms with Crippen LogP contribution in [-0.2, 0) is 9.47 Å². The Morgan fingerprint density at radius 3 is 2.37 bits per heavy atom. The van der Waals surface area contributed by atoms with Crippen LogP contribution in [-0.4, -0.2) is 20.0 Å². The number of methoxy groups -OCH3 is 1. The number of hydrogen-bond acceptors (Lipinski definition) is 3. The third kappa shape index (κ3) is 8.59. The lowest BCUT2D eigenvalue weighted by molar-refractivity contribution is -0.0585. The zero-order valence-electron chi connectivity index (χ0n) is 16.2. The van der Waals surface area contributed by atoms with E-state index in [9.17, 15) is 0 Å². The van der Waals surface area contributed by atoms with Gasteiger partial charge < -0.3 is 14.2 Å². The second kappa shape index (κ2) is 12.8. The van der Waals surface area contributed by atoms with Gasteiger partial charge in [-0.1, -0.05) is 68.5 Å². The Morgan fingerprint density at radius 1 is 1.00 bits per heavy atom. The van der Waals surface area contributed by atoms with Crippen molar-refractivity contribution in [2.75, 3.05) is 13.9 Å². The van der Waals surface area contributed by atoms with Crippen molar-refractivity contribution in [3.63, 3.8) is 0 Å². The number of ether oxygens (including phenoxy) is 3. The van der Waals surface area contributed by atoms with E-state index in [2.05, 4.69) is 18.8 Å². The van der Waals surface area contributed by atoms with Crippen LogP contribution in [0.2, 0.25) is 0 Å². The number of allylic oxidation sites excluding steroid dienone is 1. The van der Waals surface area contributed by atoms with Gasteiger partial charge in [-0.05, 0) is 42.7 Å². The summed E-state index contributed by atoms with van der Waals surface area (Å²) < 4.78 is 16.9. The maximum absolute atomic E-state index is 6.02. The summed E-state index contributed by atoms with van der Waals surface area (Å²) in [5, 5.41) is 0. The van der Waals surface area contributed by atoms with Crippen molar-refractivity contribution in [3.05, 3.63) is 78.1 Å². The highest BCUT2D eigenvalue weighted by Gasteiger charge is 2.09. The standard InChI is InChI=1S/C24H28O3/c1-3-4-7-16-23(26-20-25-2)19-24(27-22-14-10-6-11-15-22)18-17-21-12-8-5-9-13-21/h5-6,8-15,19,23H,3-4,7,16,20H2,1-2H3/b24-19-. The number of rotatable bonds is 10. The molecule has 3 heteroatoms. The molecule has 0 aliphatic heterocycles. The molecule has 2 aromatic rings. The Balaban J connectivity index is 2.21. The zero-order chi connectivity index (χ0) is 19.2. The summed E-state index contributed by atoms with van der Waals surface area (Å²) in [6.45, 7) is 2.44. The van der Waals surface area contributed by atoms with E-state index in [4.69, 9.17) is 14.2 Å². The minimum Gasteiger partial charge on any atom is -0.449 e. The second-order valence-corrected chi connectivity index (χ2v) is 6.17. The van der Waals surface area contributed by atoms with Crippen molar-refractivity contribution in [2.45, 2.75) is 38.7 Å². The topological polar surface area (TPSA) is 27.7 Å². The van der Waals surface area contributed by atoms with E-state index < -0.39 is 0 Å². The first-order valence-corrected chi connectivity index (χ1v) is 9.44. The lowest BCUT2D eigenvalue weighted by Gasteiger charge is -2.15. The van der Waals surface area contributed by atoms with Crippen molar-refractivity contribution in [2.24, 2.45) is 0 Å². The Bertz CT molecular complexity index is 726. The van der Waals surface area contributed by atoms with Gasteiger partial charge in [0.15, 0.2) is 5.76 Å². The molecule has 0 spiro atoms. The summed E-state index contributed by atoms with van der Waals surface area (Å²) in [5.41, 5.74) is 0.945. The summed E-state index contributed by atoms with van der Waals surface area (Å²) in [6, 6.07) is 19.6. The zero-order valence-corrected chi connectivity index (χ0v) is 16.2. The Morgan fingerprint density at radius 2 is 1.70 bits per heavy atom. The van der Waals surface area contributed by atoms with Gasteiger partial charge in [-0.25, -0.2) is 0 Å². The minimum absolute atomic E-state index is 0.0970. The lowest BCUT2D eigenvalue weighted by Crippen LogP contribution is -2.14. The quantitative estimate of drug-likeness (QED) is 0.239. The third-order valence-corrected chi connectivity index (χ3v) is 3.90. The van der Waals surface area contributed by atoms with Crippen molar-refractivity contribution in [3.8, 4) is 17.6 Å². The van der Waals surface area contributed by atoms with Gasteiger partial charge in [0, 0.05) is 12.7 Å². The molecular formula is C24H28O3. The normalized spacial score (nSPS) is 12.1. The maximum Gasteiger partial charge on any atom is 0.176 e. The number of hydrogen-bond donors (Lipinski definition) is 0. The molecule has 0 saturated heterocycles. The molecule has 2 aromatic carbocycles. The highest BCUT2D eigenvalue weighted by Crippen LogP contribution is 2.16. The molecule has 0 radical (unpaired) electrons. The molecule has 1 unspecified atom stereocenters. The summed E-state index contributed by atoms with van der Waals surface area (Å²) >= 11 is 0. The summed E-state index contributed by atoms with van der Waals surface area (Å²) in [5.74, 6) is 7.65. The Labute approximate surface area is 163 Å². The first-order valence-electron chi connectivity index (χ1n) is 9.44. The van der Waals surface area contributed by atoms with Crippen molar-refractivity contribution < 1.29 is 14.2 Å². The first-order chi connectivity index (χ1) is 13.3. The Hall–Kier alpha value is -2.54. The predicted molar refractivity (Wildman–Crippen MR) is 109 cm³/mol. The van der Waals surface area contributed by atoms with Crippen molar-refractivity contribution >= 4 is 0 Å². The molecule has 0 bridgehead atoms. The van der Waals surface area contributed by atoms with E-state index in [1.807, 2.05) is 66.7 Å². The van der Waals surface area contributed by atoms with Crippen molar-refractivity contribution in [1.29, 1.82) is 0 Å². The average molecular weight is 364 g/mol. The molecule has 1 atom stereocenters. The van der Waals surface area contributed by atoms with E-state index >= 15 is 0 Å². The molecule has 2 rings (SSSR count). The Kier molecular flexibility index (Phi) is 9.81. The first kappa shape index (κ1) is 20.8. The highest BCUT2D eigenvalue weighted by molar-refractivity contribution is 5.40. The molecule has 142 valence electrons. The lowest BCUT2D eigenvalue weighted by atomic mass is 10.1. The fourth-order valence-electron chi connectivity index (χ4n) is 2.51. The summed E-state index contributed by atoms with van der Waals surface area (Å²) in [4.78, 5) is 0. The van der Waals surface area contributed by atoms with Gasteiger partial charge >= 0.3 is 0 Å². The molecule has 0 N–H and O–H groups in total. The van der Waals surface area contributed by atoms with Crippen LogP contribution in [0.5, 0.6) is 5.75 Å². The van der Waals surface area contributed by atoms with Crippen LogP contribution in [0.25, 0.3) is 0 Å². The molecule has 0 fully saturated rings. The van der Waals surface area contributed by atoms with E-state index in [-0.39, 0.29) is 12.9 Å². The van der Waals surface area contributed by atoms with Gasteiger partial charge in [-0.2, -0.15) is 0 Å². The maximum atomic E-state index is 6.02. The molecular weight excluding hydrogens is 336 g/mol. The van der Waals surface area contributed by atoms with E-state index in [0.717, 1.165) is 24.2 Å². The van der Waals surface area contributed by atoms with Gasteiger partial charge in [-0.15, -0.1) is 0 Å². The van der Waals surface area contributed by atoms with Crippen LogP contribution in [0.3, 0.4) is 0 Å². The van der Waals surface area contributed by atoms with Gasteiger partial charge in [-0.3, -0.25) is 0 Å². The summed E-state index contributed by atoms with van der Waals surface area (Å²) in [6.07, 6.45) is 6.20. The monoisotopic (exact) mass is 364 g/mol. The molecule has 0 aliphatic rings. The SMILES string of the molecule is CCCCCC(/C=C(/C#Cc1ccccc1)Oc1ccccc1)OCOC. The predicted octanol–water partition coefficient (Wildman–Crippen LogP) is 5.57. The van der Waals surface area contributed by atoms with Crippen LogP contribution in [0.1, 0.15) is 38.2 Å². The molecule has 27 heavy (non-hydrogen) atoms. The largest absolute Gasteiger partial charge is 0.449 e. The molecule has 3 nitrogen and oxygen atoms in total. The molecule has 0 aliphatic carbocycles. The molecule has 0 heterocycles. The molecule has 0 saturated carbocycles. The highest BCUT2D eigenvalue weighted by atomic mass is 16.7. The molecule has 0 aromatic heterocycles. The van der Waals surface area contributed by atoms with Gasteiger partial charge in [0.05, 0.1) is 6.10 Å².